The molecule has 3 heterocycles. The summed E-state index contributed by atoms with van der Waals surface area (Å²) in [4.78, 5) is 28.5. The lowest BCUT2D eigenvalue weighted by Gasteiger charge is -2.23. The molecule has 3 aromatic rings. The van der Waals surface area contributed by atoms with Gasteiger partial charge in [0.2, 0.25) is 0 Å². The number of carbonyl (C=O) groups excluding carboxylic acids is 2. The van der Waals surface area contributed by atoms with Crippen molar-refractivity contribution in [2.45, 2.75) is 32.4 Å². The zero-order chi connectivity index (χ0) is 23.2. The van der Waals surface area contributed by atoms with Gasteiger partial charge < -0.3 is 30.0 Å². The van der Waals surface area contributed by atoms with Gasteiger partial charge in [-0.15, -0.1) is 11.3 Å². The Morgan fingerprint density at radius 1 is 1.30 bits per heavy atom. The lowest BCUT2D eigenvalue weighted by molar-refractivity contribution is 0.0696. The largest absolute Gasteiger partial charge is 0.513 e. The van der Waals surface area contributed by atoms with Crippen LogP contribution < -0.4 is 20.5 Å². The highest BCUT2D eigenvalue weighted by molar-refractivity contribution is 7.17. The number of nitrogens with two attached hydrogens (primary N) is 1. The predicted octanol–water partition coefficient (Wildman–Crippen LogP) is 3.90. The van der Waals surface area contributed by atoms with E-state index in [4.69, 9.17) is 24.7 Å². The smallest absolute Gasteiger partial charge is 0.489 e. The molecule has 0 aliphatic carbocycles. The number of pyridine rings is 1. The lowest BCUT2D eigenvalue weighted by atomic mass is 10.1. The third kappa shape index (κ3) is 5.52. The van der Waals surface area contributed by atoms with Crippen LogP contribution in [-0.2, 0) is 16.1 Å². The zero-order valence-corrected chi connectivity index (χ0v) is 19.0. The fourth-order valence-corrected chi connectivity index (χ4v) is 4.53. The van der Waals surface area contributed by atoms with Crippen LogP contribution in [0.2, 0.25) is 0 Å². The van der Waals surface area contributed by atoms with Gasteiger partial charge in [-0.25, -0.2) is 9.78 Å². The molecule has 1 aliphatic rings. The molecule has 9 nitrogen and oxygen atoms in total. The van der Waals surface area contributed by atoms with E-state index in [-0.39, 0.29) is 30.9 Å². The van der Waals surface area contributed by atoms with Gasteiger partial charge in [0.05, 0.1) is 17.5 Å². The highest BCUT2D eigenvalue weighted by Gasteiger charge is 2.19. The molecule has 1 aliphatic heterocycles. The third-order valence-corrected chi connectivity index (χ3v) is 6.21. The number of nitrogens with one attached hydrogen (secondary N) is 1. The minimum atomic E-state index is -0.799. The van der Waals surface area contributed by atoms with Crippen LogP contribution in [0.5, 0.6) is 11.5 Å². The SMILES string of the molecule is CCOC(=O)Oc1cnc(N)c2c(COc3cccc(C(=O)NC4CCOCC4)c3)csc12. The maximum absolute atomic E-state index is 12.6. The van der Waals surface area contributed by atoms with Crippen molar-refractivity contribution < 1.29 is 28.5 Å². The van der Waals surface area contributed by atoms with Gasteiger partial charge in [0.15, 0.2) is 5.75 Å². The molecule has 1 saturated heterocycles. The molecule has 174 valence electrons. The van der Waals surface area contributed by atoms with E-state index < -0.39 is 6.16 Å². The van der Waals surface area contributed by atoms with Crippen molar-refractivity contribution in [3.63, 3.8) is 0 Å². The highest BCUT2D eigenvalue weighted by Crippen LogP contribution is 2.37. The van der Waals surface area contributed by atoms with Gasteiger partial charge in [-0.3, -0.25) is 4.79 Å². The zero-order valence-electron chi connectivity index (χ0n) is 18.2. The van der Waals surface area contributed by atoms with Crippen molar-refractivity contribution in [2.75, 3.05) is 25.6 Å². The number of hydrogen-bond donors (Lipinski definition) is 2. The minimum Gasteiger partial charge on any atom is -0.489 e. The van der Waals surface area contributed by atoms with Crippen LogP contribution in [-0.4, -0.2) is 42.9 Å². The standard InChI is InChI=1S/C23H25N3O6S/c1-2-30-23(28)32-18-11-25-21(24)19-15(13-33-20(18)19)12-31-17-5-3-4-14(10-17)22(27)26-16-6-8-29-9-7-16/h3-5,10-11,13,16H,2,6-9,12H2,1H3,(H2,24,25)(H,26,27). The maximum Gasteiger partial charge on any atom is 0.513 e. The molecule has 0 radical (unpaired) electrons. The van der Waals surface area contributed by atoms with E-state index in [1.54, 1.807) is 31.2 Å². The average molecular weight is 472 g/mol. The van der Waals surface area contributed by atoms with Gasteiger partial charge in [-0.05, 0) is 43.3 Å². The van der Waals surface area contributed by atoms with E-state index in [0.29, 0.717) is 40.4 Å². The van der Waals surface area contributed by atoms with Gasteiger partial charge >= 0.3 is 6.16 Å². The van der Waals surface area contributed by atoms with E-state index in [0.717, 1.165) is 18.4 Å². The van der Waals surface area contributed by atoms with E-state index in [1.807, 2.05) is 5.38 Å². The van der Waals surface area contributed by atoms with Crippen molar-refractivity contribution in [3.8, 4) is 11.5 Å². The van der Waals surface area contributed by atoms with E-state index >= 15 is 0 Å². The van der Waals surface area contributed by atoms with Crippen LogP contribution in [0.15, 0.2) is 35.8 Å². The summed E-state index contributed by atoms with van der Waals surface area (Å²) in [6.45, 7) is 3.43. The molecule has 0 bridgehead atoms. The number of nitrogens with zero attached hydrogens (tertiary/aromatic N) is 1. The summed E-state index contributed by atoms with van der Waals surface area (Å²) >= 11 is 1.37. The number of anilines is 1. The molecule has 1 amide bonds. The Morgan fingerprint density at radius 2 is 2.12 bits per heavy atom. The normalized spacial score (nSPS) is 14.1. The molecule has 0 atom stereocenters. The lowest BCUT2D eigenvalue weighted by Crippen LogP contribution is -2.38. The van der Waals surface area contributed by atoms with Crippen molar-refractivity contribution >= 4 is 39.3 Å². The Bertz CT molecular complexity index is 1140. The number of nitrogen functional groups attached to an aromatic ring is 1. The minimum absolute atomic E-state index is 0.120. The topological polar surface area (TPSA) is 122 Å². The number of thiophene rings is 1. The maximum atomic E-state index is 12.6. The molecular formula is C23H25N3O6S. The Hall–Kier alpha value is -3.37. The summed E-state index contributed by atoms with van der Waals surface area (Å²) in [6.07, 6.45) is 2.22. The van der Waals surface area contributed by atoms with Gasteiger partial charge in [0, 0.05) is 35.8 Å². The summed E-state index contributed by atoms with van der Waals surface area (Å²) in [7, 11) is 0. The predicted molar refractivity (Wildman–Crippen MR) is 124 cm³/mol. The van der Waals surface area contributed by atoms with Crippen LogP contribution in [0, 0.1) is 0 Å². The number of benzene rings is 1. The van der Waals surface area contributed by atoms with Crippen LogP contribution in [0.4, 0.5) is 10.6 Å². The highest BCUT2D eigenvalue weighted by atomic mass is 32.1. The second kappa shape index (κ2) is 10.5. The number of rotatable bonds is 7. The number of carbonyl (C=O) groups is 2. The quantitative estimate of drug-likeness (QED) is 0.498. The van der Waals surface area contributed by atoms with Gasteiger partial charge in [-0.1, -0.05) is 6.07 Å². The molecule has 2 aromatic heterocycles. The van der Waals surface area contributed by atoms with Crippen molar-refractivity contribution in [1.29, 1.82) is 0 Å². The first-order chi connectivity index (χ1) is 16.0. The Kier molecular flexibility index (Phi) is 7.26. The molecule has 0 spiro atoms. The molecule has 3 N–H and O–H groups in total. The van der Waals surface area contributed by atoms with Crippen molar-refractivity contribution in [3.05, 3.63) is 47.0 Å². The molecule has 4 rings (SSSR count). The number of aromatic nitrogens is 1. The Balaban J connectivity index is 1.46. The first-order valence-electron chi connectivity index (χ1n) is 10.7. The van der Waals surface area contributed by atoms with E-state index in [9.17, 15) is 9.59 Å². The van der Waals surface area contributed by atoms with Crippen LogP contribution in [0.1, 0.15) is 35.7 Å². The summed E-state index contributed by atoms with van der Waals surface area (Å²) in [5.41, 5.74) is 7.41. The number of hydrogen-bond acceptors (Lipinski definition) is 9. The van der Waals surface area contributed by atoms with Crippen molar-refractivity contribution in [1.82, 2.24) is 10.3 Å². The van der Waals surface area contributed by atoms with E-state index in [1.165, 1.54) is 17.5 Å². The van der Waals surface area contributed by atoms with Gasteiger partial charge in [0.1, 0.15) is 18.2 Å². The van der Waals surface area contributed by atoms with Gasteiger partial charge in [-0.2, -0.15) is 0 Å². The molecule has 1 fully saturated rings. The second-order valence-electron chi connectivity index (χ2n) is 7.43. The summed E-state index contributed by atoms with van der Waals surface area (Å²) < 4.78 is 22.0. The van der Waals surface area contributed by atoms with Crippen molar-refractivity contribution in [2.24, 2.45) is 0 Å². The molecule has 33 heavy (non-hydrogen) atoms. The molecular weight excluding hydrogens is 446 g/mol. The third-order valence-electron chi connectivity index (χ3n) is 5.17. The second-order valence-corrected chi connectivity index (χ2v) is 8.31. The fourth-order valence-electron chi connectivity index (χ4n) is 3.52. The number of amides is 1. The summed E-state index contributed by atoms with van der Waals surface area (Å²) in [6, 6.07) is 7.15. The first kappa shape index (κ1) is 22.8. The Labute approximate surface area is 194 Å². The molecule has 0 unspecified atom stereocenters. The molecule has 10 heteroatoms. The summed E-state index contributed by atoms with van der Waals surface area (Å²) in [5.74, 6) is 1.01. The van der Waals surface area contributed by atoms with Gasteiger partial charge in [0.25, 0.3) is 5.91 Å². The van der Waals surface area contributed by atoms with Crippen LogP contribution in [0.25, 0.3) is 10.1 Å². The monoisotopic (exact) mass is 471 g/mol. The first-order valence-corrected chi connectivity index (χ1v) is 11.5. The summed E-state index contributed by atoms with van der Waals surface area (Å²) in [5, 5.41) is 5.58. The fraction of sp³-hybridized carbons (Fsp3) is 0.348. The molecule has 0 saturated carbocycles. The van der Waals surface area contributed by atoms with Crippen LogP contribution >= 0.6 is 11.3 Å². The average Bonchev–Trinajstić information content (AvgIpc) is 3.26. The molecule has 1 aromatic carbocycles. The Morgan fingerprint density at radius 3 is 2.91 bits per heavy atom. The number of fused-ring (bicyclic) bond motifs is 1. The van der Waals surface area contributed by atoms with E-state index in [2.05, 4.69) is 10.3 Å². The number of ether oxygens (including phenoxy) is 4. The van der Waals surface area contributed by atoms with Crippen LogP contribution in [0.3, 0.4) is 0 Å².